The van der Waals surface area contributed by atoms with Crippen molar-refractivity contribution in [2.24, 2.45) is 7.05 Å². The minimum absolute atomic E-state index is 0.0723. The van der Waals surface area contributed by atoms with Crippen LogP contribution in [0.1, 0.15) is 29.9 Å². The largest absolute Gasteiger partial charge is 0.339 e. The maximum atomic E-state index is 12.6. The van der Waals surface area contributed by atoms with Crippen LogP contribution < -0.4 is 10.9 Å². The van der Waals surface area contributed by atoms with Crippen molar-refractivity contribution >= 4 is 22.5 Å². The van der Waals surface area contributed by atoms with Gasteiger partial charge in [0.1, 0.15) is 5.69 Å². The van der Waals surface area contributed by atoms with Gasteiger partial charge in [0.2, 0.25) is 0 Å². The molecule has 0 aliphatic rings. The number of nitrogens with zero attached hydrogens (tertiary/aromatic N) is 2. The Morgan fingerprint density at radius 3 is 2.46 bits per heavy atom. The van der Waals surface area contributed by atoms with Gasteiger partial charge in [0.15, 0.2) is 0 Å². The van der Waals surface area contributed by atoms with Gasteiger partial charge in [0.25, 0.3) is 11.5 Å². The van der Waals surface area contributed by atoms with Crippen LogP contribution in [0.2, 0.25) is 0 Å². The Bertz CT molecular complexity index is 949. The average molecular weight is 323 g/mol. The number of hydrogen-bond donors (Lipinski definition) is 1. The molecule has 0 fully saturated rings. The highest BCUT2D eigenvalue weighted by atomic mass is 16.2. The SMILES string of the molecule is CCc1ccc(NC(=O)c2cc3c(=O)n(CC)ccc3n2C)cc1. The fourth-order valence-electron chi connectivity index (χ4n) is 2.86. The third-order valence-electron chi connectivity index (χ3n) is 4.38. The quantitative estimate of drug-likeness (QED) is 0.802. The molecule has 2 heterocycles. The summed E-state index contributed by atoms with van der Waals surface area (Å²) in [4.78, 5) is 25.0. The van der Waals surface area contributed by atoms with Crippen LogP contribution >= 0.6 is 0 Å². The first-order chi connectivity index (χ1) is 11.5. The lowest BCUT2D eigenvalue weighted by Crippen LogP contribution is -2.17. The number of carbonyl (C=O) groups is 1. The molecule has 24 heavy (non-hydrogen) atoms. The van der Waals surface area contributed by atoms with Gasteiger partial charge in [-0.1, -0.05) is 19.1 Å². The first kappa shape index (κ1) is 16.1. The van der Waals surface area contributed by atoms with E-state index in [2.05, 4.69) is 12.2 Å². The van der Waals surface area contributed by atoms with Gasteiger partial charge in [-0.15, -0.1) is 0 Å². The first-order valence-electron chi connectivity index (χ1n) is 8.14. The number of amides is 1. The number of fused-ring (bicyclic) bond motifs is 1. The molecule has 0 atom stereocenters. The normalized spacial score (nSPS) is 11.0. The molecule has 3 aromatic rings. The second kappa shape index (κ2) is 6.35. The fourth-order valence-corrected chi connectivity index (χ4v) is 2.86. The summed E-state index contributed by atoms with van der Waals surface area (Å²) in [5, 5.41) is 3.45. The summed E-state index contributed by atoms with van der Waals surface area (Å²) in [6.45, 7) is 4.62. The smallest absolute Gasteiger partial charge is 0.272 e. The molecule has 0 spiro atoms. The molecule has 0 unspecified atom stereocenters. The van der Waals surface area contributed by atoms with E-state index in [4.69, 9.17) is 0 Å². The zero-order valence-corrected chi connectivity index (χ0v) is 14.2. The zero-order chi connectivity index (χ0) is 17.3. The summed E-state index contributed by atoms with van der Waals surface area (Å²) in [6.07, 6.45) is 2.72. The number of carbonyl (C=O) groups excluding carboxylic acids is 1. The maximum absolute atomic E-state index is 12.6. The number of aryl methyl sites for hydroxylation is 3. The van der Waals surface area contributed by atoms with Crippen molar-refractivity contribution in [3.8, 4) is 0 Å². The Morgan fingerprint density at radius 1 is 1.12 bits per heavy atom. The molecule has 1 N–H and O–H groups in total. The van der Waals surface area contributed by atoms with Gasteiger partial charge in [-0.3, -0.25) is 9.59 Å². The van der Waals surface area contributed by atoms with Gasteiger partial charge in [-0.05, 0) is 43.2 Å². The van der Waals surface area contributed by atoms with Gasteiger partial charge in [-0.2, -0.15) is 0 Å². The van der Waals surface area contributed by atoms with Crippen LogP contribution in [0.4, 0.5) is 5.69 Å². The van der Waals surface area contributed by atoms with E-state index in [1.807, 2.05) is 37.3 Å². The van der Waals surface area contributed by atoms with Gasteiger partial charge < -0.3 is 14.5 Å². The topological polar surface area (TPSA) is 56.0 Å². The van der Waals surface area contributed by atoms with E-state index in [0.29, 0.717) is 17.6 Å². The Morgan fingerprint density at radius 2 is 1.83 bits per heavy atom. The predicted octanol–water partition coefficient (Wildman–Crippen LogP) is 3.17. The molecular weight excluding hydrogens is 302 g/mol. The Labute approximate surface area is 140 Å². The standard InChI is InChI=1S/C19H21N3O2/c1-4-13-6-8-14(9-7-13)20-18(23)17-12-15-16(21(17)3)10-11-22(5-2)19(15)24/h6-12H,4-5H2,1-3H3,(H,20,23). The summed E-state index contributed by atoms with van der Waals surface area (Å²) in [5.74, 6) is -0.222. The molecular formula is C19H21N3O2. The monoisotopic (exact) mass is 323 g/mol. The van der Waals surface area contributed by atoms with E-state index in [1.54, 1.807) is 28.4 Å². The van der Waals surface area contributed by atoms with Gasteiger partial charge in [-0.25, -0.2) is 0 Å². The summed E-state index contributed by atoms with van der Waals surface area (Å²) in [5.41, 5.74) is 3.12. The van der Waals surface area contributed by atoms with Gasteiger partial charge >= 0.3 is 0 Å². The van der Waals surface area contributed by atoms with E-state index in [9.17, 15) is 9.59 Å². The third kappa shape index (κ3) is 2.73. The Balaban J connectivity index is 1.96. The number of hydrogen-bond acceptors (Lipinski definition) is 2. The van der Waals surface area contributed by atoms with Crippen molar-refractivity contribution in [2.45, 2.75) is 26.8 Å². The van der Waals surface area contributed by atoms with Crippen molar-refractivity contribution in [1.29, 1.82) is 0 Å². The van der Waals surface area contributed by atoms with Crippen LogP contribution in [0, 0.1) is 0 Å². The lowest BCUT2D eigenvalue weighted by Gasteiger charge is -2.07. The molecule has 0 saturated heterocycles. The molecule has 2 aromatic heterocycles. The number of rotatable bonds is 4. The van der Waals surface area contributed by atoms with Crippen molar-refractivity contribution in [2.75, 3.05) is 5.32 Å². The molecule has 5 heteroatoms. The van der Waals surface area contributed by atoms with Gasteiger partial charge in [0, 0.05) is 25.5 Å². The zero-order valence-electron chi connectivity index (χ0n) is 14.2. The number of aromatic nitrogens is 2. The third-order valence-corrected chi connectivity index (χ3v) is 4.38. The second-order valence-corrected chi connectivity index (χ2v) is 5.80. The maximum Gasteiger partial charge on any atom is 0.272 e. The second-order valence-electron chi connectivity index (χ2n) is 5.80. The van der Waals surface area contributed by atoms with Crippen LogP contribution in [-0.4, -0.2) is 15.0 Å². The lowest BCUT2D eigenvalue weighted by atomic mass is 10.1. The van der Waals surface area contributed by atoms with Crippen LogP contribution in [0.5, 0.6) is 0 Å². The summed E-state index contributed by atoms with van der Waals surface area (Å²) in [7, 11) is 1.80. The van der Waals surface area contributed by atoms with E-state index in [-0.39, 0.29) is 11.5 Å². The highest BCUT2D eigenvalue weighted by Crippen LogP contribution is 2.17. The minimum Gasteiger partial charge on any atom is -0.339 e. The van der Waals surface area contributed by atoms with E-state index in [1.165, 1.54) is 5.56 Å². The summed E-state index contributed by atoms with van der Waals surface area (Å²) >= 11 is 0. The van der Waals surface area contributed by atoms with Crippen LogP contribution in [0.15, 0.2) is 47.4 Å². The van der Waals surface area contributed by atoms with E-state index >= 15 is 0 Å². The predicted molar refractivity (Wildman–Crippen MR) is 96.6 cm³/mol. The molecule has 0 aliphatic carbocycles. The number of anilines is 1. The van der Waals surface area contributed by atoms with Crippen LogP contribution in [0.3, 0.4) is 0 Å². The van der Waals surface area contributed by atoms with Gasteiger partial charge in [0.05, 0.1) is 10.9 Å². The van der Waals surface area contributed by atoms with Crippen molar-refractivity contribution in [1.82, 2.24) is 9.13 Å². The molecule has 1 amide bonds. The summed E-state index contributed by atoms with van der Waals surface area (Å²) < 4.78 is 3.39. The molecule has 0 saturated carbocycles. The molecule has 0 aliphatic heterocycles. The number of nitrogens with one attached hydrogen (secondary N) is 1. The van der Waals surface area contributed by atoms with E-state index < -0.39 is 0 Å². The first-order valence-corrected chi connectivity index (χ1v) is 8.14. The molecule has 5 nitrogen and oxygen atoms in total. The Hall–Kier alpha value is -2.82. The van der Waals surface area contributed by atoms with Crippen molar-refractivity contribution in [3.05, 3.63) is 64.2 Å². The highest BCUT2D eigenvalue weighted by molar-refractivity contribution is 6.06. The highest BCUT2D eigenvalue weighted by Gasteiger charge is 2.16. The van der Waals surface area contributed by atoms with Crippen molar-refractivity contribution in [3.63, 3.8) is 0 Å². The van der Waals surface area contributed by atoms with Crippen molar-refractivity contribution < 1.29 is 4.79 Å². The fraction of sp³-hybridized carbons (Fsp3) is 0.263. The Kier molecular flexibility index (Phi) is 4.25. The number of pyridine rings is 1. The molecule has 0 bridgehead atoms. The molecule has 0 radical (unpaired) electrons. The number of benzene rings is 1. The lowest BCUT2D eigenvalue weighted by molar-refractivity contribution is 0.102. The molecule has 1 aromatic carbocycles. The molecule has 3 rings (SSSR count). The van der Waals surface area contributed by atoms with Crippen LogP contribution in [0.25, 0.3) is 10.9 Å². The molecule has 124 valence electrons. The van der Waals surface area contributed by atoms with Crippen LogP contribution in [-0.2, 0) is 20.0 Å². The average Bonchev–Trinajstić information content (AvgIpc) is 2.94. The minimum atomic E-state index is -0.222. The summed E-state index contributed by atoms with van der Waals surface area (Å²) in [6, 6.07) is 11.3. The van der Waals surface area contributed by atoms with E-state index in [0.717, 1.165) is 17.6 Å².